The van der Waals surface area contributed by atoms with Crippen LogP contribution in [-0.2, 0) is 16.4 Å². The van der Waals surface area contributed by atoms with Crippen LogP contribution in [0, 0.1) is 5.92 Å². The van der Waals surface area contributed by atoms with Crippen molar-refractivity contribution in [3.8, 4) is 0 Å². The fourth-order valence-corrected chi connectivity index (χ4v) is 3.83. The molecule has 134 valence electrons. The number of hydrogen-bond acceptors (Lipinski definition) is 4. The molecule has 0 saturated carbocycles. The van der Waals surface area contributed by atoms with Crippen molar-refractivity contribution in [2.75, 3.05) is 19.3 Å². The molecule has 7 heteroatoms. The SMILES string of the molecule is CS(=O)(=O)c1ccc(C(=O)N2CCC(CCn3cccn3)CC2)cc1. The van der Waals surface area contributed by atoms with E-state index in [4.69, 9.17) is 0 Å². The zero-order valence-electron chi connectivity index (χ0n) is 14.3. The molecule has 6 nitrogen and oxygen atoms in total. The Kier molecular flexibility index (Phi) is 5.22. The molecule has 1 saturated heterocycles. The Morgan fingerprint density at radius 2 is 1.88 bits per heavy atom. The third kappa shape index (κ3) is 4.48. The minimum atomic E-state index is -3.23. The van der Waals surface area contributed by atoms with Gasteiger partial charge in [0.05, 0.1) is 4.90 Å². The molecular formula is C18H23N3O3S. The molecule has 25 heavy (non-hydrogen) atoms. The summed E-state index contributed by atoms with van der Waals surface area (Å²) in [6.45, 7) is 2.41. The highest BCUT2D eigenvalue weighted by Crippen LogP contribution is 2.22. The van der Waals surface area contributed by atoms with Crippen LogP contribution < -0.4 is 0 Å². The zero-order valence-corrected chi connectivity index (χ0v) is 15.2. The van der Waals surface area contributed by atoms with E-state index in [1.54, 1.807) is 18.3 Å². The fourth-order valence-electron chi connectivity index (χ4n) is 3.20. The summed E-state index contributed by atoms with van der Waals surface area (Å²) in [5, 5.41) is 4.22. The molecule has 1 aliphatic rings. The summed E-state index contributed by atoms with van der Waals surface area (Å²) in [4.78, 5) is 14.7. The molecule has 2 aromatic rings. The summed E-state index contributed by atoms with van der Waals surface area (Å²) in [7, 11) is -3.23. The number of carbonyl (C=O) groups excluding carboxylic acids is 1. The Labute approximate surface area is 148 Å². The molecular weight excluding hydrogens is 338 g/mol. The number of rotatable bonds is 5. The van der Waals surface area contributed by atoms with E-state index in [9.17, 15) is 13.2 Å². The summed E-state index contributed by atoms with van der Waals surface area (Å²) in [6.07, 6.45) is 7.99. The monoisotopic (exact) mass is 361 g/mol. The van der Waals surface area contributed by atoms with Crippen molar-refractivity contribution in [1.82, 2.24) is 14.7 Å². The van der Waals surface area contributed by atoms with Crippen molar-refractivity contribution in [2.24, 2.45) is 5.92 Å². The fraction of sp³-hybridized carbons (Fsp3) is 0.444. The Balaban J connectivity index is 1.52. The van der Waals surface area contributed by atoms with E-state index in [0.29, 0.717) is 11.5 Å². The largest absolute Gasteiger partial charge is 0.339 e. The second-order valence-electron chi connectivity index (χ2n) is 6.59. The van der Waals surface area contributed by atoms with Crippen LogP contribution in [0.15, 0.2) is 47.6 Å². The number of carbonyl (C=O) groups is 1. The van der Waals surface area contributed by atoms with E-state index in [-0.39, 0.29) is 10.8 Å². The third-order valence-corrected chi connectivity index (χ3v) is 5.89. The quantitative estimate of drug-likeness (QED) is 0.819. The number of hydrogen-bond donors (Lipinski definition) is 0. The first kappa shape index (κ1) is 17.7. The van der Waals surface area contributed by atoms with Gasteiger partial charge < -0.3 is 4.90 Å². The minimum Gasteiger partial charge on any atom is -0.339 e. The lowest BCUT2D eigenvalue weighted by molar-refractivity contribution is 0.0684. The first-order valence-electron chi connectivity index (χ1n) is 8.50. The van der Waals surface area contributed by atoms with Gasteiger partial charge in [-0.25, -0.2) is 8.42 Å². The summed E-state index contributed by atoms with van der Waals surface area (Å²) in [5.41, 5.74) is 0.544. The number of piperidine rings is 1. The number of likely N-dealkylation sites (tertiary alicyclic amines) is 1. The van der Waals surface area contributed by atoms with Gasteiger partial charge >= 0.3 is 0 Å². The van der Waals surface area contributed by atoms with Gasteiger partial charge in [-0.15, -0.1) is 0 Å². The number of sulfone groups is 1. The van der Waals surface area contributed by atoms with Crippen molar-refractivity contribution in [3.63, 3.8) is 0 Å². The zero-order chi connectivity index (χ0) is 17.9. The molecule has 0 unspecified atom stereocenters. The predicted octanol–water partition coefficient (Wildman–Crippen LogP) is 2.23. The third-order valence-electron chi connectivity index (χ3n) is 4.76. The van der Waals surface area contributed by atoms with Crippen LogP contribution in [0.3, 0.4) is 0 Å². The average Bonchev–Trinajstić information content (AvgIpc) is 3.13. The van der Waals surface area contributed by atoms with Gasteiger partial charge in [0, 0.05) is 43.8 Å². The molecule has 0 aliphatic carbocycles. The van der Waals surface area contributed by atoms with Crippen LogP contribution >= 0.6 is 0 Å². The van der Waals surface area contributed by atoms with Crippen LogP contribution in [0.1, 0.15) is 29.6 Å². The molecule has 1 amide bonds. The maximum Gasteiger partial charge on any atom is 0.253 e. The normalized spacial score (nSPS) is 16.1. The molecule has 0 bridgehead atoms. The van der Waals surface area contributed by atoms with Gasteiger partial charge in [0.1, 0.15) is 0 Å². The van der Waals surface area contributed by atoms with E-state index in [2.05, 4.69) is 5.10 Å². The van der Waals surface area contributed by atoms with Crippen LogP contribution in [0.25, 0.3) is 0 Å². The van der Waals surface area contributed by atoms with E-state index in [1.165, 1.54) is 12.1 Å². The van der Waals surface area contributed by atoms with Gasteiger partial charge in [-0.05, 0) is 55.5 Å². The molecule has 0 spiro atoms. The second kappa shape index (κ2) is 7.39. The number of aryl methyl sites for hydroxylation is 1. The Hall–Kier alpha value is -2.15. The lowest BCUT2D eigenvalue weighted by Gasteiger charge is -2.32. The standard InChI is InChI=1S/C18H23N3O3S/c1-25(23,24)17-5-3-16(4-6-17)18(22)20-12-7-15(8-13-20)9-14-21-11-2-10-19-21/h2-6,10-11,15H,7-9,12-14H2,1H3. The molecule has 0 N–H and O–H groups in total. The molecule has 1 fully saturated rings. The lowest BCUT2D eigenvalue weighted by atomic mass is 9.93. The summed E-state index contributed by atoms with van der Waals surface area (Å²) < 4.78 is 24.9. The van der Waals surface area contributed by atoms with Gasteiger partial charge in [0.25, 0.3) is 5.91 Å². The maximum atomic E-state index is 12.6. The van der Waals surface area contributed by atoms with Gasteiger partial charge in [-0.3, -0.25) is 9.48 Å². The number of nitrogens with zero attached hydrogens (tertiary/aromatic N) is 3. The summed E-state index contributed by atoms with van der Waals surface area (Å²) in [6, 6.07) is 8.13. The predicted molar refractivity (Wildman–Crippen MR) is 95.0 cm³/mol. The molecule has 3 rings (SSSR count). The van der Waals surface area contributed by atoms with Gasteiger partial charge in [-0.1, -0.05) is 0 Å². The molecule has 1 aromatic carbocycles. The Morgan fingerprint density at radius 1 is 1.20 bits per heavy atom. The van der Waals surface area contributed by atoms with Gasteiger partial charge in [-0.2, -0.15) is 5.10 Å². The molecule has 1 aliphatic heterocycles. The van der Waals surface area contributed by atoms with E-state index < -0.39 is 9.84 Å². The lowest BCUT2D eigenvalue weighted by Crippen LogP contribution is -2.38. The van der Waals surface area contributed by atoms with E-state index in [0.717, 1.165) is 45.2 Å². The highest BCUT2D eigenvalue weighted by Gasteiger charge is 2.23. The van der Waals surface area contributed by atoms with E-state index in [1.807, 2.05) is 21.8 Å². The van der Waals surface area contributed by atoms with Crippen molar-refractivity contribution < 1.29 is 13.2 Å². The van der Waals surface area contributed by atoms with Gasteiger partial charge in [0.15, 0.2) is 9.84 Å². The first-order chi connectivity index (χ1) is 11.9. The van der Waals surface area contributed by atoms with Gasteiger partial charge in [0.2, 0.25) is 0 Å². The first-order valence-corrected chi connectivity index (χ1v) is 10.4. The average molecular weight is 361 g/mol. The summed E-state index contributed by atoms with van der Waals surface area (Å²) in [5.74, 6) is 0.589. The summed E-state index contributed by atoms with van der Waals surface area (Å²) >= 11 is 0. The van der Waals surface area contributed by atoms with Crippen LogP contribution in [0.5, 0.6) is 0 Å². The highest BCUT2D eigenvalue weighted by molar-refractivity contribution is 7.90. The minimum absolute atomic E-state index is 0.0226. The molecule has 0 radical (unpaired) electrons. The highest BCUT2D eigenvalue weighted by atomic mass is 32.2. The number of amides is 1. The van der Waals surface area contributed by atoms with Crippen LogP contribution in [-0.4, -0.2) is 48.4 Å². The van der Waals surface area contributed by atoms with Crippen molar-refractivity contribution in [1.29, 1.82) is 0 Å². The van der Waals surface area contributed by atoms with Crippen molar-refractivity contribution in [3.05, 3.63) is 48.3 Å². The molecule has 1 aromatic heterocycles. The number of benzene rings is 1. The van der Waals surface area contributed by atoms with Crippen LogP contribution in [0.4, 0.5) is 0 Å². The van der Waals surface area contributed by atoms with Crippen LogP contribution in [0.2, 0.25) is 0 Å². The molecule has 0 atom stereocenters. The number of aromatic nitrogens is 2. The Bertz CT molecular complexity index is 806. The van der Waals surface area contributed by atoms with E-state index >= 15 is 0 Å². The van der Waals surface area contributed by atoms with Crippen molar-refractivity contribution >= 4 is 15.7 Å². The Morgan fingerprint density at radius 3 is 2.44 bits per heavy atom. The topological polar surface area (TPSA) is 72.3 Å². The smallest absolute Gasteiger partial charge is 0.253 e. The maximum absolute atomic E-state index is 12.6. The molecule has 2 heterocycles. The second-order valence-corrected chi connectivity index (χ2v) is 8.61. The van der Waals surface area contributed by atoms with Crippen molar-refractivity contribution in [2.45, 2.75) is 30.7 Å².